The third kappa shape index (κ3) is 7.43. The summed E-state index contributed by atoms with van der Waals surface area (Å²) in [5, 5.41) is 1.88. The monoisotopic (exact) mass is 427 g/mol. The van der Waals surface area contributed by atoms with Crippen LogP contribution in [-0.2, 0) is 0 Å². The van der Waals surface area contributed by atoms with Crippen molar-refractivity contribution in [3.05, 3.63) is 40.5 Å². The lowest BCUT2D eigenvalue weighted by molar-refractivity contribution is -0.123. The Kier molecular flexibility index (Phi) is 9.96. The number of hydrogen-bond donors (Lipinski definition) is 1. The average molecular weight is 428 g/mol. The molecule has 1 aromatic carbocycles. The third-order valence-corrected chi connectivity index (χ3v) is 4.81. The van der Waals surface area contributed by atoms with Gasteiger partial charge in [0.25, 0.3) is 5.91 Å². The maximum absolute atomic E-state index is 12.5. The Balaban J connectivity index is 3.54. The molecular formula is C23H32F3NO3. The molecule has 7 heteroatoms. The highest BCUT2D eigenvalue weighted by molar-refractivity contribution is 6.00. The van der Waals surface area contributed by atoms with Gasteiger partial charge in [0, 0.05) is 0 Å². The van der Waals surface area contributed by atoms with Crippen molar-refractivity contribution in [3.63, 3.8) is 0 Å². The molecule has 1 amide bonds. The smallest absolute Gasteiger partial charge is 0.405 e. The first-order valence-electron chi connectivity index (χ1n) is 10.1. The molecule has 30 heavy (non-hydrogen) atoms. The highest BCUT2D eigenvalue weighted by Crippen LogP contribution is 2.36. The fraction of sp³-hybridized carbons (Fsp3) is 0.522. The summed E-state index contributed by atoms with van der Waals surface area (Å²) in [6, 6.07) is 3.35. The molecule has 1 aromatic rings. The second-order valence-corrected chi connectivity index (χ2v) is 7.20. The maximum Gasteiger partial charge on any atom is 0.405 e. The minimum atomic E-state index is -4.51. The number of halogens is 3. The van der Waals surface area contributed by atoms with Crippen molar-refractivity contribution in [2.45, 2.75) is 59.6 Å². The number of rotatable bonds is 10. The van der Waals surface area contributed by atoms with Gasteiger partial charge in [-0.05, 0) is 56.4 Å². The lowest BCUT2D eigenvalue weighted by Crippen LogP contribution is -2.34. The first-order valence-corrected chi connectivity index (χ1v) is 10.1. The second-order valence-electron chi connectivity index (χ2n) is 7.20. The molecule has 0 aromatic heterocycles. The molecular weight excluding hydrogens is 395 g/mol. The van der Waals surface area contributed by atoms with Gasteiger partial charge >= 0.3 is 6.18 Å². The number of allylic oxidation sites excluding steroid dienone is 4. The Morgan fingerprint density at radius 3 is 2.10 bits per heavy atom. The lowest BCUT2D eigenvalue weighted by Gasteiger charge is -2.18. The molecule has 0 saturated heterocycles. The van der Waals surface area contributed by atoms with Gasteiger partial charge in [-0.2, -0.15) is 13.2 Å². The zero-order chi connectivity index (χ0) is 22.9. The van der Waals surface area contributed by atoms with Gasteiger partial charge in [0.2, 0.25) is 0 Å². The number of methoxy groups -OCH3 is 2. The molecule has 168 valence electrons. The number of benzene rings is 1. The predicted octanol–water partition coefficient (Wildman–Crippen LogP) is 6.32. The van der Waals surface area contributed by atoms with E-state index in [1.54, 1.807) is 12.1 Å². The van der Waals surface area contributed by atoms with Gasteiger partial charge < -0.3 is 14.8 Å². The molecule has 1 rings (SSSR count). The van der Waals surface area contributed by atoms with E-state index in [-0.39, 0.29) is 17.1 Å². The number of carbonyl (C=O) groups excluding carboxylic acids is 1. The van der Waals surface area contributed by atoms with Crippen molar-refractivity contribution in [3.8, 4) is 11.5 Å². The Morgan fingerprint density at radius 2 is 1.67 bits per heavy atom. The number of alkyl halides is 3. The van der Waals surface area contributed by atoms with Crippen LogP contribution in [0.4, 0.5) is 13.2 Å². The van der Waals surface area contributed by atoms with Crippen molar-refractivity contribution in [1.82, 2.24) is 5.32 Å². The number of ether oxygens (including phenoxy) is 2. The first-order chi connectivity index (χ1) is 14.1. The summed E-state index contributed by atoms with van der Waals surface area (Å²) >= 11 is 0. The molecule has 0 radical (unpaired) electrons. The summed E-state index contributed by atoms with van der Waals surface area (Å²) in [6.07, 6.45) is 1.49. The maximum atomic E-state index is 12.5. The van der Waals surface area contributed by atoms with Crippen LogP contribution in [0.25, 0.3) is 5.57 Å². The van der Waals surface area contributed by atoms with E-state index in [9.17, 15) is 18.0 Å². The summed E-state index contributed by atoms with van der Waals surface area (Å²) in [5.74, 6) is -0.583. The van der Waals surface area contributed by atoms with Gasteiger partial charge in [0.05, 0.1) is 14.2 Å². The third-order valence-electron chi connectivity index (χ3n) is 4.81. The van der Waals surface area contributed by atoms with Crippen molar-refractivity contribution in [2.24, 2.45) is 0 Å². The summed E-state index contributed by atoms with van der Waals surface area (Å²) in [7, 11) is 2.75. The van der Waals surface area contributed by atoms with E-state index in [4.69, 9.17) is 9.47 Å². The second kappa shape index (κ2) is 11.7. The van der Waals surface area contributed by atoms with E-state index >= 15 is 0 Å². The molecule has 0 fully saturated rings. The molecule has 4 nitrogen and oxygen atoms in total. The van der Waals surface area contributed by atoms with Crippen LogP contribution in [0.3, 0.4) is 0 Å². The van der Waals surface area contributed by atoms with Crippen LogP contribution in [-0.4, -0.2) is 32.8 Å². The van der Waals surface area contributed by atoms with Gasteiger partial charge in [-0.3, -0.25) is 4.79 Å². The minimum Gasteiger partial charge on any atom is -0.496 e. The van der Waals surface area contributed by atoms with Crippen LogP contribution in [0.1, 0.15) is 69.3 Å². The highest BCUT2D eigenvalue weighted by Gasteiger charge is 2.29. The number of hydrogen-bond acceptors (Lipinski definition) is 3. The van der Waals surface area contributed by atoms with Crippen LogP contribution < -0.4 is 14.8 Å². The minimum absolute atomic E-state index is 0.0604. The Labute approximate surface area is 177 Å². The summed E-state index contributed by atoms with van der Waals surface area (Å²) in [5.41, 5.74) is 4.10. The van der Waals surface area contributed by atoms with E-state index in [2.05, 4.69) is 26.8 Å². The van der Waals surface area contributed by atoms with E-state index in [1.807, 2.05) is 12.2 Å². The average Bonchev–Trinajstić information content (AvgIpc) is 2.72. The fourth-order valence-electron chi connectivity index (χ4n) is 2.94. The van der Waals surface area contributed by atoms with Crippen molar-refractivity contribution in [2.75, 3.05) is 20.8 Å². The number of amides is 1. The molecule has 1 N–H and O–H groups in total. The quantitative estimate of drug-likeness (QED) is 0.445. The molecule has 0 spiro atoms. The van der Waals surface area contributed by atoms with Crippen molar-refractivity contribution in [1.29, 1.82) is 0 Å². The molecule has 0 aliphatic rings. The van der Waals surface area contributed by atoms with Crippen LogP contribution in [0.15, 0.2) is 29.4 Å². The lowest BCUT2D eigenvalue weighted by atomic mass is 9.93. The van der Waals surface area contributed by atoms with Gasteiger partial charge in [-0.25, -0.2) is 0 Å². The fourth-order valence-corrected chi connectivity index (χ4v) is 2.94. The largest absolute Gasteiger partial charge is 0.496 e. The zero-order valence-corrected chi connectivity index (χ0v) is 18.6. The molecule has 0 bridgehead atoms. The topological polar surface area (TPSA) is 47.6 Å². The van der Waals surface area contributed by atoms with Crippen molar-refractivity contribution < 1.29 is 27.4 Å². The van der Waals surface area contributed by atoms with Gasteiger partial charge in [0.15, 0.2) is 0 Å². The first kappa shape index (κ1) is 25.6. The Bertz CT molecular complexity index is 770. The summed E-state index contributed by atoms with van der Waals surface area (Å²) in [4.78, 5) is 12.4. The van der Waals surface area contributed by atoms with E-state index in [1.165, 1.54) is 25.4 Å². The Hall–Kier alpha value is -2.44. The molecule has 0 saturated carbocycles. The highest BCUT2D eigenvalue weighted by atomic mass is 19.4. The van der Waals surface area contributed by atoms with E-state index < -0.39 is 18.6 Å². The van der Waals surface area contributed by atoms with E-state index in [0.717, 1.165) is 36.8 Å². The van der Waals surface area contributed by atoms with Crippen LogP contribution in [0.5, 0.6) is 11.5 Å². The number of carbonyl (C=O) groups is 1. The standard InChI is InChI=1S/C23H32F3NO3/c1-7-9-10-16(4)18(11-15(3)8-2)17-12-19(29-5)21(20(13-17)30-6)22(28)27-14-23(24,25)26/h11-13H,7-10,14H2,1-6H3,(H,27,28)/b15-11-,18-16-. The van der Waals surface area contributed by atoms with Gasteiger partial charge in [-0.15, -0.1) is 0 Å². The number of unbranched alkanes of at least 4 members (excludes halogenated alkanes) is 1. The van der Waals surface area contributed by atoms with Gasteiger partial charge in [0.1, 0.15) is 23.6 Å². The molecule has 0 unspecified atom stereocenters. The SMILES string of the molecule is CCCC/C(C)=C(/C=C(/C)CC)c1cc(OC)c(C(=O)NCC(F)(F)F)c(OC)c1. The Morgan fingerprint density at radius 1 is 1.10 bits per heavy atom. The summed E-state index contributed by atoms with van der Waals surface area (Å²) in [6.45, 7) is 6.87. The predicted molar refractivity (Wildman–Crippen MR) is 114 cm³/mol. The zero-order valence-electron chi connectivity index (χ0n) is 18.6. The molecule has 0 heterocycles. The molecule has 0 atom stereocenters. The van der Waals surface area contributed by atoms with Crippen LogP contribution in [0.2, 0.25) is 0 Å². The van der Waals surface area contributed by atoms with Crippen LogP contribution >= 0.6 is 0 Å². The number of nitrogens with one attached hydrogen (secondary N) is 1. The molecule has 0 aliphatic carbocycles. The van der Waals surface area contributed by atoms with E-state index in [0.29, 0.717) is 0 Å². The molecule has 0 aliphatic heterocycles. The summed E-state index contributed by atoms with van der Waals surface area (Å²) < 4.78 is 48.3. The normalized spacial score (nSPS) is 13.0. The van der Waals surface area contributed by atoms with Crippen LogP contribution in [0, 0.1) is 0 Å². The van der Waals surface area contributed by atoms with Gasteiger partial charge in [-0.1, -0.05) is 37.5 Å². The van der Waals surface area contributed by atoms with Crippen molar-refractivity contribution >= 4 is 11.5 Å².